The summed E-state index contributed by atoms with van der Waals surface area (Å²) in [7, 11) is 0. The lowest BCUT2D eigenvalue weighted by molar-refractivity contribution is -0.151. The fourth-order valence-corrected chi connectivity index (χ4v) is 3.28. The van der Waals surface area contributed by atoms with Crippen molar-refractivity contribution in [1.82, 2.24) is 14.7 Å². The number of carbonyl (C=O) groups excluding carboxylic acids is 2. The topological polar surface area (TPSA) is 64.4 Å². The Bertz CT molecular complexity index is 700. The van der Waals surface area contributed by atoms with Crippen LogP contribution in [-0.2, 0) is 14.3 Å². The summed E-state index contributed by atoms with van der Waals surface area (Å²) in [5, 5.41) is 4.27. The largest absolute Gasteiger partial charge is 0.466 e. The Labute approximate surface area is 147 Å². The fourth-order valence-electron chi connectivity index (χ4n) is 3.28. The summed E-state index contributed by atoms with van der Waals surface area (Å²) in [5.41, 5.74) is 0.884. The Balaban J connectivity index is 1.82. The first-order valence-electron chi connectivity index (χ1n) is 8.70. The molecule has 1 amide bonds. The van der Waals surface area contributed by atoms with Gasteiger partial charge in [-0.15, -0.1) is 0 Å². The highest BCUT2D eigenvalue weighted by atomic mass is 16.5. The second-order valence-electron chi connectivity index (χ2n) is 6.17. The molecule has 6 heteroatoms. The van der Waals surface area contributed by atoms with Crippen molar-refractivity contribution in [3.05, 3.63) is 54.4 Å². The van der Waals surface area contributed by atoms with Gasteiger partial charge in [-0.2, -0.15) is 5.10 Å². The van der Waals surface area contributed by atoms with Crippen molar-refractivity contribution in [3.8, 4) is 0 Å². The van der Waals surface area contributed by atoms with E-state index in [0.29, 0.717) is 19.7 Å². The van der Waals surface area contributed by atoms with Crippen LogP contribution in [-0.4, -0.2) is 46.3 Å². The summed E-state index contributed by atoms with van der Waals surface area (Å²) in [6.07, 6.45) is 5.03. The number of rotatable bonds is 5. The first-order valence-corrected chi connectivity index (χ1v) is 8.70. The van der Waals surface area contributed by atoms with Gasteiger partial charge in [0.25, 0.3) is 5.91 Å². The van der Waals surface area contributed by atoms with Crippen molar-refractivity contribution >= 4 is 11.9 Å². The Morgan fingerprint density at radius 1 is 1.28 bits per heavy atom. The van der Waals surface area contributed by atoms with E-state index in [1.165, 1.54) is 0 Å². The van der Waals surface area contributed by atoms with E-state index in [9.17, 15) is 9.59 Å². The normalized spacial score (nSPS) is 18.6. The lowest BCUT2D eigenvalue weighted by atomic mass is 9.96. The lowest BCUT2D eigenvalue weighted by Gasteiger charge is -2.34. The number of amides is 1. The molecule has 0 radical (unpaired) electrons. The molecule has 1 aromatic carbocycles. The highest BCUT2D eigenvalue weighted by Crippen LogP contribution is 2.25. The molecule has 1 aliphatic rings. The molecule has 0 bridgehead atoms. The van der Waals surface area contributed by atoms with Crippen molar-refractivity contribution in [2.75, 3.05) is 19.7 Å². The molecule has 1 aromatic heterocycles. The molecule has 6 nitrogen and oxygen atoms in total. The van der Waals surface area contributed by atoms with Crippen LogP contribution in [0.15, 0.2) is 48.8 Å². The van der Waals surface area contributed by atoms with Crippen LogP contribution in [0.4, 0.5) is 0 Å². The maximum absolute atomic E-state index is 13.2. The van der Waals surface area contributed by atoms with Crippen LogP contribution in [0.5, 0.6) is 0 Å². The summed E-state index contributed by atoms with van der Waals surface area (Å²) >= 11 is 0. The minimum absolute atomic E-state index is 0.0381. The molecule has 2 aromatic rings. The number of hydrogen-bond acceptors (Lipinski definition) is 4. The average molecular weight is 341 g/mol. The third-order valence-electron chi connectivity index (χ3n) is 4.49. The quantitative estimate of drug-likeness (QED) is 0.783. The molecule has 132 valence electrons. The molecule has 0 aliphatic carbocycles. The standard InChI is InChI=1S/C19H23N3O3/c1-2-25-19(24)16-10-6-12-21(14-16)18(23)17(22-13-7-11-20-22)15-8-4-3-5-9-15/h3-5,7-9,11,13,16-17H,2,6,10,12,14H2,1H3/t16-,17-/m0/s1. The molecule has 0 N–H and O–H groups in total. The number of aromatic nitrogens is 2. The number of nitrogens with zero attached hydrogens (tertiary/aromatic N) is 3. The smallest absolute Gasteiger partial charge is 0.310 e. The summed E-state index contributed by atoms with van der Waals surface area (Å²) in [6, 6.07) is 10.9. The fraction of sp³-hybridized carbons (Fsp3) is 0.421. The molecular formula is C19H23N3O3. The van der Waals surface area contributed by atoms with E-state index in [1.807, 2.05) is 30.3 Å². The second-order valence-corrected chi connectivity index (χ2v) is 6.17. The zero-order valence-electron chi connectivity index (χ0n) is 14.4. The Morgan fingerprint density at radius 2 is 2.08 bits per heavy atom. The summed E-state index contributed by atoms with van der Waals surface area (Å²) in [6.45, 7) is 3.22. The van der Waals surface area contributed by atoms with E-state index in [0.717, 1.165) is 18.4 Å². The average Bonchev–Trinajstić information content (AvgIpc) is 3.17. The van der Waals surface area contributed by atoms with Gasteiger partial charge in [-0.25, -0.2) is 0 Å². The van der Waals surface area contributed by atoms with E-state index in [2.05, 4.69) is 5.10 Å². The number of carbonyl (C=O) groups is 2. The highest BCUT2D eigenvalue weighted by molar-refractivity contribution is 5.84. The molecule has 1 aliphatic heterocycles. The van der Waals surface area contributed by atoms with E-state index in [-0.39, 0.29) is 17.8 Å². The molecule has 0 spiro atoms. The molecule has 1 fully saturated rings. The molecule has 2 heterocycles. The predicted octanol–water partition coefficient (Wildman–Crippen LogP) is 2.27. The Kier molecular flexibility index (Phi) is 5.48. The van der Waals surface area contributed by atoms with E-state index < -0.39 is 6.04 Å². The maximum atomic E-state index is 13.2. The minimum atomic E-state index is -0.517. The molecule has 0 saturated carbocycles. The molecule has 2 atom stereocenters. The van der Waals surface area contributed by atoms with Crippen molar-refractivity contribution in [2.45, 2.75) is 25.8 Å². The monoisotopic (exact) mass is 341 g/mol. The van der Waals surface area contributed by atoms with Crippen LogP contribution in [0.2, 0.25) is 0 Å². The number of hydrogen-bond donors (Lipinski definition) is 0. The SMILES string of the molecule is CCOC(=O)[C@H]1CCCN(C(=O)[C@H](c2ccccc2)n2cccn2)C1. The summed E-state index contributed by atoms with van der Waals surface area (Å²) < 4.78 is 6.80. The van der Waals surface area contributed by atoms with E-state index >= 15 is 0 Å². The third kappa shape index (κ3) is 3.90. The summed E-state index contributed by atoms with van der Waals surface area (Å²) in [4.78, 5) is 27.1. The number of esters is 1. The minimum Gasteiger partial charge on any atom is -0.466 e. The van der Waals surface area contributed by atoms with Crippen molar-refractivity contribution in [3.63, 3.8) is 0 Å². The van der Waals surface area contributed by atoms with Crippen LogP contribution in [0.3, 0.4) is 0 Å². The molecule has 0 unspecified atom stereocenters. The van der Waals surface area contributed by atoms with E-state index in [1.54, 1.807) is 35.0 Å². The third-order valence-corrected chi connectivity index (χ3v) is 4.49. The van der Waals surface area contributed by atoms with Crippen molar-refractivity contribution < 1.29 is 14.3 Å². The van der Waals surface area contributed by atoms with Gasteiger partial charge in [0.1, 0.15) is 0 Å². The van der Waals surface area contributed by atoms with Gasteiger partial charge < -0.3 is 9.64 Å². The highest BCUT2D eigenvalue weighted by Gasteiger charge is 2.34. The molecule has 3 rings (SSSR count). The predicted molar refractivity (Wildman–Crippen MR) is 92.7 cm³/mol. The van der Waals surface area contributed by atoms with Gasteiger partial charge in [0.15, 0.2) is 6.04 Å². The van der Waals surface area contributed by atoms with Crippen LogP contribution in [0.1, 0.15) is 31.4 Å². The maximum Gasteiger partial charge on any atom is 0.310 e. The van der Waals surface area contributed by atoms with Crippen LogP contribution in [0.25, 0.3) is 0 Å². The Hall–Kier alpha value is -2.63. The molecular weight excluding hydrogens is 318 g/mol. The van der Waals surface area contributed by atoms with Gasteiger partial charge in [0.2, 0.25) is 0 Å². The molecule has 1 saturated heterocycles. The number of piperidine rings is 1. The van der Waals surface area contributed by atoms with Crippen LogP contribution < -0.4 is 0 Å². The first-order chi connectivity index (χ1) is 12.2. The number of likely N-dealkylation sites (tertiary alicyclic amines) is 1. The van der Waals surface area contributed by atoms with Crippen molar-refractivity contribution in [2.24, 2.45) is 5.92 Å². The molecule has 25 heavy (non-hydrogen) atoms. The van der Waals surface area contributed by atoms with Crippen LogP contribution >= 0.6 is 0 Å². The second kappa shape index (κ2) is 7.96. The van der Waals surface area contributed by atoms with Crippen molar-refractivity contribution in [1.29, 1.82) is 0 Å². The number of benzene rings is 1. The number of ether oxygens (including phenoxy) is 1. The van der Waals surface area contributed by atoms with E-state index in [4.69, 9.17) is 4.74 Å². The zero-order valence-corrected chi connectivity index (χ0v) is 14.4. The van der Waals surface area contributed by atoms with Gasteiger partial charge in [-0.05, 0) is 31.4 Å². The van der Waals surface area contributed by atoms with Crippen LogP contribution in [0, 0.1) is 5.92 Å². The van der Waals surface area contributed by atoms with Gasteiger partial charge in [0, 0.05) is 25.5 Å². The zero-order chi connectivity index (χ0) is 17.6. The lowest BCUT2D eigenvalue weighted by Crippen LogP contribution is -2.46. The van der Waals surface area contributed by atoms with Gasteiger partial charge >= 0.3 is 5.97 Å². The van der Waals surface area contributed by atoms with Gasteiger partial charge in [-0.1, -0.05) is 30.3 Å². The Morgan fingerprint density at radius 3 is 2.76 bits per heavy atom. The summed E-state index contributed by atoms with van der Waals surface area (Å²) in [5.74, 6) is -0.494. The van der Waals surface area contributed by atoms with Gasteiger partial charge in [0.05, 0.1) is 12.5 Å². The van der Waals surface area contributed by atoms with Gasteiger partial charge in [-0.3, -0.25) is 14.3 Å². The first kappa shape index (κ1) is 17.2.